The summed E-state index contributed by atoms with van der Waals surface area (Å²) in [6, 6.07) is 13.6. The molecule has 0 aliphatic carbocycles. The van der Waals surface area contributed by atoms with Gasteiger partial charge < -0.3 is 14.7 Å². The molecule has 1 N–H and O–H groups in total. The molecule has 1 fully saturated rings. The molecule has 0 spiro atoms. The second kappa shape index (κ2) is 8.96. The Labute approximate surface area is 190 Å². The number of aromatic nitrogens is 1. The van der Waals surface area contributed by atoms with Gasteiger partial charge in [-0.1, -0.05) is 12.1 Å². The van der Waals surface area contributed by atoms with Crippen molar-refractivity contribution >= 4 is 28.8 Å². The average Bonchev–Trinajstić information content (AvgIpc) is 3.37. The van der Waals surface area contributed by atoms with E-state index < -0.39 is 17.7 Å². The molecule has 7 heteroatoms. The van der Waals surface area contributed by atoms with E-state index in [-0.39, 0.29) is 24.0 Å². The van der Waals surface area contributed by atoms with Crippen LogP contribution in [0.25, 0.3) is 5.76 Å². The number of benzene rings is 1. The zero-order valence-electron chi connectivity index (χ0n) is 18.1. The van der Waals surface area contributed by atoms with Crippen LogP contribution >= 0.6 is 11.3 Å². The van der Waals surface area contributed by atoms with Crippen molar-refractivity contribution in [2.45, 2.75) is 39.5 Å². The summed E-state index contributed by atoms with van der Waals surface area (Å²) in [6.07, 6.45) is 1.63. The van der Waals surface area contributed by atoms with Gasteiger partial charge in [0.25, 0.3) is 11.7 Å². The van der Waals surface area contributed by atoms with Crippen molar-refractivity contribution in [3.63, 3.8) is 0 Å². The number of thiophene rings is 1. The molecule has 1 aliphatic heterocycles. The van der Waals surface area contributed by atoms with Crippen LogP contribution in [0.1, 0.15) is 41.6 Å². The van der Waals surface area contributed by atoms with E-state index in [1.807, 2.05) is 38.3 Å². The molecule has 0 bridgehead atoms. The minimum Gasteiger partial charge on any atom is -0.507 e. The molecule has 32 heavy (non-hydrogen) atoms. The normalized spacial score (nSPS) is 17.9. The summed E-state index contributed by atoms with van der Waals surface area (Å²) in [6.45, 7) is 6.02. The van der Waals surface area contributed by atoms with Crippen molar-refractivity contribution in [2.24, 2.45) is 0 Å². The average molecular weight is 449 g/mol. The first kappa shape index (κ1) is 21.8. The highest BCUT2D eigenvalue weighted by Crippen LogP contribution is 2.40. The van der Waals surface area contributed by atoms with E-state index in [0.29, 0.717) is 17.0 Å². The van der Waals surface area contributed by atoms with E-state index in [1.165, 1.54) is 16.2 Å². The van der Waals surface area contributed by atoms with Gasteiger partial charge in [-0.25, -0.2) is 0 Å². The standard InChI is InChI=1S/C25H24N2O4S/c1-15(2)31-20-10-9-17(13-16(20)3)23(28)21-22(19-8-4-5-11-26-19)27(25(30)24(21)29)14-18-7-6-12-32-18/h4-13,15,22,28H,14H2,1-3H3/b23-21-. The first-order chi connectivity index (χ1) is 15.4. The van der Waals surface area contributed by atoms with Crippen molar-refractivity contribution in [3.05, 3.63) is 87.4 Å². The van der Waals surface area contributed by atoms with Gasteiger partial charge in [-0.05, 0) is 68.1 Å². The monoisotopic (exact) mass is 448 g/mol. The Morgan fingerprint density at radius 1 is 1.19 bits per heavy atom. The van der Waals surface area contributed by atoms with Gasteiger partial charge in [-0.3, -0.25) is 14.6 Å². The van der Waals surface area contributed by atoms with Gasteiger partial charge >= 0.3 is 0 Å². The number of aryl methyl sites for hydroxylation is 1. The molecule has 1 amide bonds. The summed E-state index contributed by atoms with van der Waals surface area (Å²) < 4.78 is 5.77. The number of Topliss-reactive ketones (excluding diaryl/α,β-unsaturated/α-hetero) is 1. The Morgan fingerprint density at radius 3 is 2.62 bits per heavy atom. The van der Waals surface area contributed by atoms with E-state index >= 15 is 0 Å². The number of rotatable bonds is 6. The number of nitrogens with zero attached hydrogens (tertiary/aromatic N) is 2. The molecule has 1 unspecified atom stereocenters. The van der Waals surface area contributed by atoms with Crippen LogP contribution in [0, 0.1) is 6.92 Å². The highest BCUT2D eigenvalue weighted by atomic mass is 32.1. The molecular weight excluding hydrogens is 424 g/mol. The SMILES string of the molecule is Cc1cc(/C(O)=C2/C(=O)C(=O)N(Cc3cccs3)C2c2ccccn2)ccc1OC(C)C. The number of amides is 1. The number of carbonyl (C=O) groups is 2. The van der Waals surface area contributed by atoms with Crippen molar-refractivity contribution in [1.29, 1.82) is 0 Å². The Hall–Kier alpha value is -3.45. The molecule has 1 aromatic carbocycles. The van der Waals surface area contributed by atoms with Gasteiger partial charge in [-0.2, -0.15) is 0 Å². The molecule has 3 aromatic rings. The van der Waals surface area contributed by atoms with Crippen LogP contribution in [0.2, 0.25) is 0 Å². The lowest BCUT2D eigenvalue weighted by atomic mass is 9.97. The second-order valence-corrected chi connectivity index (χ2v) is 8.94. The van der Waals surface area contributed by atoms with Crippen molar-refractivity contribution in [3.8, 4) is 5.75 Å². The fraction of sp³-hybridized carbons (Fsp3) is 0.240. The maximum atomic E-state index is 13.1. The number of ether oxygens (including phenoxy) is 1. The quantitative estimate of drug-likeness (QED) is 0.331. The van der Waals surface area contributed by atoms with Gasteiger partial charge in [0.05, 0.1) is 23.9 Å². The van der Waals surface area contributed by atoms with Crippen LogP contribution < -0.4 is 4.74 Å². The van der Waals surface area contributed by atoms with Gasteiger partial charge in [-0.15, -0.1) is 11.3 Å². The predicted octanol–water partition coefficient (Wildman–Crippen LogP) is 4.86. The smallest absolute Gasteiger partial charge is 0.296 e. The molecule has 3 heterocycles. The van der Waals surface area contributed by atoms with Crippen LogP contribution in [-0.2, 0) is 16.1 Å². The van der Waals surface area contributed by atoms with Crippen molar-refractivity contribution < 1.29 is 19.4 Å². The number of aliphatic hydroxyl groups excluding tert-OH is 1. The predicted molar refractivity (Wildman–Crippen MR) is 123 cm³/mol. The minimum atomic E-state index is -0.773. The number of likely N-dealkylation sites (tertiary alicyclic amines) is 1. The zero-order chi connectivity index (χ0) is 22.8. The van der Waals surface area contributed by atoms with Gasteiger partial charge in [0.2, 0.25) is 0 Å². The van der Waals surface area contributed by atoms with E-state index in [2.05, 4.69) is 4.98 Å². The molecular formula is C25H24N2O4S. The zero-order valence-corrected chi connectivity index (χ0v) is 18.9. The molecule has 2 aromatic heterocycles. The lowest BCUT2D eigenvalue weighted by Gasteiger charge is -2.24. The largest absolute Gasteiger partial charge is 0.507 e. The van der Waals surface area contributed by atoms with Crippen LogP contribution in [0.4, 0.5) is 0 Å². The number of aliphatic hydroxyl groups is 1. The van der Waals surface area contributed by atoms with Crippen LogP contribution in [-0.4, -0.2) is 32.8 Å². The lowest BCUT2D eigenvalue weighted by molar-refractivity contribution is -0.140. The summed E-state index contributed by atoms with van der Waals surface area (Å²) in [5.41, 5.74) is 1.85. The molecule has 1 aliphatic rings. The number of hydrogen-bond donors (Lipinski definition) is 1. The third kappa shape index (κ3) is 4.16. The molecule has 4 rings (SSSR count). The van der Waals surface area contributed by atoms with Gasteiger partial charge in [0, 0.05) is 16.6 Å². The first-order valence-corrected chi connectivity index (χ1v) is 11.2. The second-order valence-electron chi connectivity index (χ2n) is 7.91. The molecule has 1 saturated heterocycles. The van der Waals surface area contributed by atoms with E-state index in [9.17, 15) is 14.7 Å². The highest BCUT2D eigenvalue weighted by Gasteiger charge is 2.46. The Morgan fingerprint density at radius 2 is 2.00 bits per heavy atom. The number of carbonyl (C=O) groups excluding carboxylic acids is 2. The van der Waals surface area contributed by atoms with Crippen molar-refractivity contribution in [2.75, 3.05) is 0 Å². The maximum Gasteiger partial charge on any atom is 0.296 e. The van der Waals surface area contributed by atoms with Crippen LogP contribution in [0.5, 0.6) is 5.75 Å². The number of pyridine rings is 1. The Kier molecular flexibility index (Phi) is 6.10. The van der Waals surface area contributed by atoms with E-state index in [0.717, 1.165) is 10.4 Å². The summed E-state index contributed by atoms with van der Waals surface area (Å²) >= 11 is 1.51. The van der Waals surface area contributed by atoms with Gasteiger partial charge in [0.1, 0.15) is 17.6 Å². The number of ketones is 1. The van der Waals surface area contributed by atoms with Crippen LogP contribution in [0.15, 0.2) is 65.7 Å². The highest BCUT2D eigenvalue weighted by molar-refractivity contribution is 7.09. The first-order valence-electron chi connectivity index (χ1n) is 10.4. The molecule has 6 nitrogen and oxygen atoms in total. The molecule has 0 radical (unpaired) electrons. The molecule has 164 valence electrons. The minimum absolute atomic E-state index is 0.0138. The molecule has 1 atom stereocenters. The van der Waals surface area contributed by atoms with Crippen LogP contribution in [0.3, 0.4) is 0 Å². The lowest BCUT2D eigenvalue weighted by Crippen LogP contribution is -2.29. The fourth-order valence-electron chi connectivity index (χ4n) is 3.80. The third-order valence-electron chi connectivity index (χ3n) is 5.23. The van der Waals surface area contributed by atoms with Gasteiger partial charge in [0.15, 0.2) is 0 Å². The summed E-state index contributed by atoms with van der Waals surface area (Å²) in [7, 11) is 0. The third-order valence-corrected chi connectivity index (χ3v) is 6.09. The van der Waals surface area contributed by atoms with E-state index in [4.69, 9.17) is 4.74 Å². The summed E-state index contributed by atoms with van der Waals surface area (Å²) in [5, 5.41) is 13.1. The number of hydrogen-bond acceptors (Lipinski definition) is 6. The Balaban J connectivity index is 1.81. The summed E-state index contributed by atoms with van der Waals surface area (Å²) in [5.74, 6) is -0.871. The maximum absolute atomic E-state index is 13.1. The Bertz CT molecular complexity index is 1170. The fourth-order valence-corrected chi connectivity index (χ4v) is 4.50. The van der Waals surface area contributed by atoms with E-state index in [1.54, 1.807) is 42.6 Å². The topological polar surface area (TPSA) is 79.7 Å². The summed E-state index contributed by atoms with van der Waals surface area (Å²) in [4.78, 5) is 32.9. The van der Waals surface area contributed by atoms with Crippen molar-refractivity contribution in [1.82, 2.24) is 9.88 Å². The molecule has 0 saturated carbocycles.